The lowest BCUT2D eigenvalue weighted by Gasteiger charge is -2.18. The first-order chi connectivity index (χ1) is 4.75. The van der Waals surface area contributed by atoms with Crippen LogP contribution in [-0.4, -0.2) is 22.9 Å². The maximum Gasteiger partial charge on any atom is 0.0618 e. The summed E-state index contributed by atoms with van der Waals surface area (Å²) in [5.74, 6) is 0. The van der Waals surface area contributed by atoms with Crippen molar-refractivity contribution in [2.45, 2.75) is 38.7 Å². The Balaban J connectivity index is 2.32. The molecule has 0 aromatic heterocycles. The molecule has 2 nitrogen and oxygen atoms in total. The van der Waals surface area contributed by atoms with E-state index in [1.807, 2.05) is 0 Å². The van der Waals surface area contributed by atoms with E-state index in [0.717, 1.165) is 25.7 Å². The topological polar surface area (TPSA) is 40.5 Å². The van der Waals surface area contributed by atoms with Gasteiger partial charge in [0.1, 0.15) is 0 Å². The van der Waals surface area contributed by atoms with Crippen LogP contribution in [0.3, 0.4) is 0 Å². The number of aliphatic hydroxyl groups is 2. The van der Waals surface area contributed by atoms with E-state index < -0.39 is 0 Å². The van der Waals surface area contributed by atoms with Crippen molar-refractivity contribution in [2.24, 2.45) is 5.41 Å². The van der Waals surface area contributed by atoms with Gasteiger partial charge in [-0.2, -0.15) is 0 Å². The molecule has 1 rings (SSSR count). The van der Waals surface area contributed by atoms with Crippen molar-refractivity contribution < 1.29 is 10.2 Å². The Kier molecular flexibility index (Phi) is 2.32. The summed E-state index contributed by atoms with van der Waals surface area (Å²) < 4.78 is 0. The quantitative estimate of drug-likeness (QED) is 0.616. The average molecular weight is 144 g/mol. The summed E-state index contributed by atoms with van der Waals surface area (Å²) >= 11 is 0. The Morgan fingerprint density at radius 2 is 2.10 bits per heavy atom. The Morgan fingerprint density at radius 1 is 1.50 bits per heavy atom. The molecule has 1 fully saturated rings. The highest BCUT2D eigenvalue weighted by atomic mass is 16.3. The lowest BCUT2D eigenvalue weighted by atomic mass is 9.97. The van der Waals surface area contributed by atoms with Gasteiger partial charge < -0.3 is 10.2 Å². The van der Waals surface area contributed by atoms with E-state index in [9.17, 15) is 5.11 Å². The van der Waals surface area contributed by atoms with Crippen LogP contribution in [0.1, 0.15) is 32.6 Å². The molecule has 0 radical (unpaired) electrons. The molecule has 0 aromatic rings. The summed E-state index contributed by atoms with van der Waals surface area (Å²) in [5, 5.41) is 18.4. The largest absolute Gasteiger partial charge is 0.396 e. The third kappa shape index (κ3) is 1.32. The number of rotatable bonds is 4. The molecule has 0 spiro atoms. The summed E-state index contributed by atoms with van der Waals surface area (Å²) in [6.07, 6.45) is 3.58. The predicted molar refractivity (Wildman–Crippen MR) is 39.7 cm³/mol. The molecular weight excluding hydrogens is 128 g/mol. The highest BCUT2D eigenvalue weighted by Crippen LogP contribution is 2.49. The van der Waals surface area contributed by atoms with Gasteiger partial charge in [-0.25, -0.2) is 0 Å². The summed E-state index contributed by atoms with van der Waals surface area (Å²) in [4.78, 5) is 0. The molecular formula is C8H16O2. The van der Waals surface area contributed by atoms with E-state index >= 15 is 0 Å². The fourth-order valence-electron chi connectivity index (χ4n) is 1.34. The van der Waals surface area contributed by atoms with Crippen molar-refractivity contribution >= 4 is 0 Å². The van der Waals surface area contributed by atoms with Gasteiger partial charge in [-0.05, 0) is 19.3 Å². The van der Waals surface area contributed by atoms with Gasteiger partial charge in [0.25, 0.3) is 0 Å². The van der Waals surface area contributed by atoms with Gasteiger partial charge in [0, 0.05) is 5.41 Å². The Hall–Kier alpha value is -0.0800. The second-order valence-corrected chi connectivity index (χ2v) is 3.32. The van der Waals surface area contributed by atoms with Crippen LogP contribution in [0, 0.1) is 5.41 Å². The maximum absolute atomic E-state index is 9.48. The van der Waals surface area contributed by atoms with Gasteiger partial charge in [-0.15, -0.1) is 0 Å². The zero-order chi connectivity index (χ0) is 7.61. The number of hydrogen-bond acceptors (Lipinski definition) is 2. The summed E-state index contributed by atoms with van der Waals surface area (Å²) in [6.45, 7) is 2.21. The van der Waals surface area contributed by atoms with Crippen LogP contribution in [0.4, 0.5) is 0 Å². The minimum atomic E-state index is -0.262. The molecule has 2 N–H and O–H groups in total. The average Bonchev–Trinajstić information content (AvgIpc) is 2.68. The molecule has 1 saturated carbocycles. The normalized spacial score (nSPS) is 24.3. The van der Waals surface area contributed by atoms with E-state index in [1.165, 1.54) is 0 Å². The van der Waals surface area contributed by atoms with Crippen LogP contribution in [0.2, 0.25) is 0 Å². The van der Waals surface area contributed by atoms with Crippen molar-refractivity contribution in [3.05, 3.63) is 0 Å². The van der Waals surface area contributed by atoms with Crippen molar-refractivity contribution in [3.63, 3.8) is 0 Å². The maximum atomic E-state index is 9.48. The SMILES string of the molecule is CCC[C@@H](O)C1(CO)CC1. The molecule has 0 aliphatic heterocycles. The third-order valence-electron chi connectivity index (χ3n) is 2.48. The molecule has 2 heteroatoms. The second kappa shape index (κ2) is 2.89. The Bertz CT molecular complexity index is 108. The zero-order valence-electron chi connectivity index (χ0n) is 6.51. The van der Waals surface area contributed by atoms with Crippen molar-refractivity contribution in [3.8, 4) is 0 Å². The van der Waals surface area contributed by atoms with Gasteiger partial charge in [-0.3, -0.25) is 0 Å². The zero-order valence-corrected chi connectivity index (χ0v) is 6.51. The fraction of sp³-hybridized carbons (Fsp3) is 1.00. The molecule has 1 atom stereocenters. The molecule has 0 bridgehead atoms. The predicted octanol–water partition coefficient (Wildman–Crippen LogP) is 0.920. The monoisotopic (exact) mass is 144 g/mol. The molecule has 10 heavy (non-hydrogen) atoms. The fourth-order valence-corrected chi connectivity index (χ4v) is 1.34. The van der Waals surface area contributed by atoms with Crippen molar-refractivity contribution in [2.75, 3.05) is 6.61 Å². The first-order valence-corrected chi connectivity index (χ1v) is 4.04. The van der Waals surface area contributed by atoms with Gasteiger partial charge in [0.05, 0.1) is 12.7 Å². The molecule has 0 heterocycles. The number of aliphatic hydroxyl groups excluding tert-OH is 2. The highest BCUT2D eigenvalue weighted by molar-refractivity contribution is 4.97. The van der Waals surface area contributed by atoms with Crippen molar-refractivity contribution in [1.82, 2.24) is 0 Å². The van der Waals surface area contributed by atoms with Crippen LogP contribution in [0.25, 0.3) is 0 Å². The van der Waals surface area contributed by atoms with Gasteiger partial charge in [-0.1, -0.05) is 13.3 Å². The van der Waals surface area contributed by atoms with E-state index in [2.05, 4.69) is 6.92 Å². The minimum absolute atomic E-state index is 0.0873. The van der Waals surface area contributed by atoms with E-state index in [-0.39, 0.29) is 18.1 Å². The second-order valence-electron chi connectivity index (χ2n) is 3.32. The first-order valence-electron chi connectivity index (χ1n) is 4.04. The lowest BCUT2D eigenvalue weighted by molar-refractivity contribution is 0.0443. The molecule has 0 amide bonds. The van der Waals surface area contributed by atoms with Gasteiger partial charge >= 0.3 is 0 Å². The molecule has 0 aromatic carbocycles. The van der Waals surface area contributed by atoms with Gasteiger partial charge in [0.15, 0.2) is 0 Å². The molecule has 60 valence electrons. The van der Waals surface area contributed by atoms with Crippen LogP contribution >= 0.6 is 0 Å². The van der Waals surface area contributed by atoms with Crippen LogP contribution in [0.5, 0.6) is 0 Å². The van der Waals surface area contributed by atoms with Gasteiger partial charge in [0.2, 0.25) is 0 Å². The van der Waals surface area contributed by atoms with E-state index in [1.54, 1.807) is 0 Å². The summed E-state index contributed by atoms with van der Waals surface area (Å²) in [7, 11) is 0. The smallest absolute Gasteiger partial charge is 0.0618 e. The standard InChI is InChI=1S/C8H16O2/c1-2-3-7(10)8(6-9)4-5-8/h7,9-10H,2-6H2,1H3/t7-/m1/s1. The Labute approximate surface area is 61.9 Å². The molecule has 0 saturated heterocycles. The van der Waals surface area contributed by atoms with Crippen LogP contribution in [0.15, 0.2) is 0 Å². The Morgan fingerprint density at radius 3 is 2.40 bits per heavy atom. The van der Waals surface area contributed by atoms with Crippen LogP contribution in [-0.2, 0) is 0 Å². The van der Waals surface area contributed by atoms with E-state index in [0.29, 0.717) is 0 Å². The summed E-state index contributed by atoms with van der Waals surface area (Å²) in [5.41, 5.74) is -0.0873. The summed E-state index contributed by atoms with van der Waals surface area (Å²) in [6, 6.07) is 0. The molecule has 1 aliphatic carbocycles. The van der Waals surface area contributed by atoms with Crippen LogP contribution < -0.4 is 0 Å². The van der Waals surface area contributed by atoms with Crippen molar-refractivity contribution in [1.29, 1.82) is 0 Å². The molecule has 0 unspecified atom stereocenters. The third-order valence-corrected chi connectivity index (χ3v) is 2.48. The first kappa shape index (κ1) is 8.02. The minimum Gasteiger partial charge on any atom is -0.396 e. The number of hydrogen-bond donors (Lipinski definition) is 2. The molecule has 1 aliphatic rings. The van der Waals surface area contributed by atoms with E-state index in [4.69, 9.17) is 5.11 Å². The lowest BCUT2D eigenvalue weighted by Crippen LogP contribution is -2.24. The highest BCUT2D eigenvalue weighted by Gasteiger charge is 2.47.